The lowest BCUT2D eigenvalue weighted by atomic mass is 10.00. The van der Waals surface area contributed by atoms with Gasteiger partial charge in [-0.3, -0.25) is 0 Å². The van der Waals surface area contributed by atoms with E-state index in [4.69, 9.17) is 24.1 Å². The number of alkyl halides is 2. The number of fused-ring (bicyclic) bond motifs is 3. The number of anilines is 1. The van der Waals surface area contributed by atoms with Crippen LogP contribution in [0, 0.1) is 12.7 Å². The quantitative estimate of drug-likeness (QED) is 0.492. The molecule has 2 aliphatic heterocycles. The maximum absolute atomic E-state index is 15.1. The summed E-state index contributed by atoms with van der Waals surface area (Å²) >= 11 is 0. The van der Waals surface area contributed by atoms with Gasteiger partial charge in [-0.2, -0.15) is 8.78 Å². The Morgan fingerprint density at radius 3 is 2.69 bits per heavy atom. The van der Waals surface area contributed by atoms with Crippen molar-refractivity contribution >= 4 is 16.7 Å². The predicted octanol–water partition coefficient (Wildman–Crippen LogP) is 4.27. The SMILES string of the molecule is Cc1nc(N[C@H](C)c2cccc(C(F)(F)CO)c2F)c2cc(O[C@H]3CCOC3)c3c(c2n1)OCCO3. The van der Waals surface area contributed by atoms with Crippen LogP contribution in [0.3, 0.4) is 0 Å². The van der Waals surface area contributed by atoms with Crippen LogP contribution in [0.2, 0.25) is 0 Å². The maximum atomic E-state index is 15.1. The molecular formula is C25H26F3N3O5. The Morgan fingerprint density at radius 1 is 1.19 bits per heavy atom. The maximum Gasteiger partial charge on any atom is 0.298 e. The number of aryl methyl sites for hydroxylation is 1. The molecule has 11 heteroatoms. The average molecular weight is 505 g/mol. The first kappa shape index (κ1) is 24.4. The zero-order valence-electron chi connectivity index (χ0n) is 19.8. The van der Waals surface area contributed by atoms with Crippen molar-refractivity contribution in [2.75, 3.05) is 38.4 Å². The summed E-state index contributed by atoms with van der Waals surface area (Å²) in [5, 5.41) is 12.7. The van der Waals surface area contributed by atoms with E-state index >= 15 is 4.39 Å². The fourth-order valence-corrected chi connectivity index (χ4v) is 4.38. The number of ether oxygens (including phenoxy) is 4. The van der Waals surface area contributed by atoms with Gasteiger partial charge in [0.1, 0.15) is 48.9 Å². The first-order valence-corrected chi connectivity index (χ1v) is 11.7. The zero-order chi connectivity index (χ0) is 25.4. The van der Waals surface area contributed by atoms with E-state index in [0.29, 0.717) is 66.2 Å². The van der Waals surface area contributed by atoms with Gasteiger partial charge in [-0.1, -0.05) is 12.1 Å². The molecule has 5 rings (SSSR count). The minimum atomic E-state index is -3.70. The molecule has 3 aromatic rings. The fourth-order valence-electron chi connectivity index (χ4n) is 4.38. The Labute approximate surface area is 205 Å². The van der Waals surface area contributed by atoms with E-state index in [1.807, 2.05) is 0 Å². The van der Waals surface area contributed by atoms with E-state index in [-0.39, 0.29) is 11.7 Å². The smallest absolute Gasteiger partial charge is 0.298 e. The molecule has 36 heavy (non-hydrogen) atoms. The molecule has 1 fully saturated rings. The molecule has 0 aliphatic carbocycles. The molecule has 2 aromatic carbocycles. The van der Waals surface area contributed by atoms with Crippen LogP contribution in [0.1, 0.15) is 36.3 Å². The molecule has 8 nitrogen and oxygen atoms in total. The van der Waals surface area contributed by atoms with Crippen molar-refractivity contribution in [3.05, 3.63) is 47.0 Å². The lowest BCUT2D eigenvalue weighted by molar-refractivity contribution is -0.0583. The Balaban J connectivity index is 1.57. The summed E-state index contributed by atoms with van der Waals surface area (Å²) in [4.78, 5) is 9.04. The minimum absolute atomic E-state index is 0.00200. The fraction of sp³-hybridized carbons (Fsp3) is 0.440. The Bertz CT molecular complexity index is 1280. The second-order valence-corrected chi connectivity index (χ2v) is 8.79. The predicted molar refractivity (Wildman–Crippen MR) is 125 cm³/mol. The van der Waals surface area contributed by atoms with Crippen LogP contribution >= 0.6 is 0 Å². The topological polar surface area (TPSA) is 95.0 Å². The lowest BCUT2D eigenvalue weighted by Gasteiger charge is -2.25. The van der Waals surface area contributed by atoms with Crippen molar-refractivity contribution in [2.24, 2.45) is 0 Å². The Morgan fingerprint density at radius 2 is 1.97 bits per heavy atom. The number of hydrogen-bond donors (Lipinski definition) is 2. The molecule has 1 aromatic heterocycles. The van der Waals surface area contributed by atoms with Crippen LogP contribution < -0.4 is 19.5 Å². The number of nitrogens with zero attached hydrogens (tertiary/aromatic N) is 2. The molecule has 0 radical (unpaired) electrons. The number of aromatic nitrogens is 2. The van der Waals surface area contributed by atoms with E-state index in [1.54, 1.807) is 19.9 Å². The van der Waals surface area contributed by atoms with Crippen LogP contribution in [-0.2, 0) is 10.7 Å². The molecule has 2 atom stereocenters. The van der Waals surface area contributed by atoms with Crippen LogP contribution in [0.4, 0.5) is 19.0 Å². The standard InChI is InChI=1S/C25H26F3N3O5/c1-13(16-4-3-5-18(20(16)26)25(27,28)12-32)29-24-17-10-19(36-15-6-7-33-11-15)22-23(35-9-8-34-22)21(17)30-14(2)31-24/h3-5,10,13,15,32H,6-9,11-12H2,1-2H3,(H,29,30,31)/t13-,15+/m1/s1. The van der Waals surface area contributed by atoms with Gasteiger partial charge < -0.3 is 29.4 Å². The third-order valence-electron chi connectivity index (χ3n) is 6.18. The third kappa shape index (κ3) is 4.48. The highest BCUT2D eigenvalue weighted by Gasteiger charge is 2.35. The molecule has 1 saturated heterocycles. The van der Waals surface area contributed by atoms with E-state index in [9.17, 15) is 8.78 Å². The monoisotopic (exact) mass is 505 g/mol. The highest BCUT2D eigenvalue weighted by Crippen LogP contribution is 2.47. The van der Waals surface area contributed by atoms with Crippen LogP contribution in [0.5, 0.6) is 17.2 Å². The van der Waals surface area contributed by atoms with Crippen molar-refractivity contribution in [1.82, 2.24) is 9.97 Å². The highest BCUT2D eigenvalue weighted by molar-refractivity contribution is 5.97. The second kappa shape index (κ2) is 9.62. The summed E-state index contributed by atoms with van der Waals surface area (Å²) < 4.78 is 66.6. The zero-order valence-corrected chi connectivity index (χ0v) is 19.8. The number of nitrogens with one attached hydrogen (secondary N) is 1. The van der Waals surface area contributed by atoms with Gasteiger partial charge in [0.15, 0.2) is 11.5 Å². The molecule has 0 bridgehead atoms. The van der Waals surface area contributed by atoms with Gasteiger partial charge in [0, 0.05) is 12.0 Å². The van der Waals surface area contributed by atoms with Gasteiger partial charge in [-0.15, -0.1) is 0 Å². The normalized spacial score (nSPS) is 18.3. The molecule has 0 saturated carbocycles. The first-order chi connectivity index (χ1) is 17.3. The molecule has 0 spiro atoms. The summed E-state index contributed by atoms with van der Waals surface area (Å²) in [5.74, 6) is -2.70. The summed E-state index contributed by atoms with van der Waals surface area (Å²) in [5.41, 5.74) is -0.376. The molecule has 192 valence electrons. The number of hydrogen-bond acceptors (Lipinski definition) is 8. The molecule has 2 aliphatic rings. The van der Waals surface area contributed by atoms with E-state index in [2.05, 4.69) is 15.3 Å². The Kier molecular flexibility index (Phi) is 6.52. The number of benzene rings is 2. The van der Waals surface area contributed by atoms with Crippen molar-refractivity contribution in [1.29, 1.82) is 0 Å². The summed E-state index contributed by atoms with van der Waals surface area (Å²) in [6, 6.07) is 4.69. The van der Waals surface area contributed by atoms with Gasteiger partial charge in [-0.05, 0) is 26.0 Å². The first-order valence-electron chi connectivity index (χ1n) is 11.7. The lowest BCUT2D eigenvalue weighted by Crippen LogP contribution is -2.22. The van der Waals surface area contributed by atoms with Crippen molar-refractivity contribution in [3.63, 3.8) is 0 Å². The molecular weight excluding hydrogens is 479 g/mol. The summed E-state index contributed by atoms with van der Waals surface area (Å²) in [7, 11) is 0. The second-order valence-electron chi connectivity index (χ2n) is 8.79. The number of aliphatic hydroxyl groups excluding tert-OH is 1. The van der Waals surface area contributed by atoms with Gasteiger partial charge >= 0.3 is 0 Å². The van der Waals surface area contributed by atoms with Crippen LogP contribution in [0.15, 0.2) is 24.3 Å². The summed E-state index contributed by atoms with van der Waals surface area (Å²) in [6.07, 6.45) is 0.581. The van der Waals surface area contributed by atoms with Crippen molar-refractivity contribution in [2.45, 2.75) is 38.3 Å². The van der Waals surface area contributed by atoms with Gasteiger partial charge in [0.2, 0.25) is 5.75 Å². The van der Waals surface area contributed by atoms with E-state index < -0.39 is 30.0 Å². The minimum Gasteiger partial charge on any atom is -0.484 e. The van der Waals surface area contributed by atoms with Crippen LogP contribution in [-0.4, -0.2) is 54.2 Å². The average Bonchev–Trinajstić information content (AvgIpc) is 3.38. The number of halogens is 3. The third-order valence-corrected chi connectivity index (χ3v) is 6.18. The summed E-state index contributed by atoms with van der Waals surface area (Å²) in [6.45, 7) is 3.59. The highest BCUT2D eigenvalue weighted by atomic mass is 19.3. The van der Waals surface area contributed by atoms with Crippen molar-refractivity contribution < 1.29 is 37.2 Å². The molecule has 3 heterocycles. The van der Waals surface area contributed by atoms with Gasteiger partial charge in [0.05, 0.1) is 30.2 Å². The van der Waals surface area contributed by atoms with E-state index in [1.165, 1.54) is 12.1 Å². The largest absolute Gasteiger partial charge is 0.484 e. The van der Waals surface area contributed by atoms with Gasteiger partial charge in [-0.25, -0.2) is 14.4 Å². The Hall–Kier alpha value is -3.31. The van der Waals surface area contributed by atoms with Crippen LogP contribution in [0.25, 0.3) is 10.9 Å². The molecule has 2 N–H and O–H groups in total. The van der Waals surface area contributed by atoms with E-state index in [0.717, 1.165) is 12.5 Å². The number of rotatable bonds is 7. The van der Waals surface area contributed by atoms with Gasteiger partial charge in [0.25, 0.3) is 5.92 Å². The molecule has 0 unspecified atom stereocenters. The number of aliphatic hydroxyl groups is 1. The molecule has 0 amide bonds. The van der Waals surface area contributed by atoms with Crippen molar-refractivity contribution in [3.8, 4) is 17.2 Å².